The highest BCUT2D eigenvalue weighted by atomic mass is 35.5. The van der Waals surface area contributed by atoms with Crippen LogP contribution >= 0.6 is 23.2 Å². The topological polar surface area (TPSA) is 26.3 Å². The van der Waals surface area contributed by atoms with E-state index in [2.05, 4.69) is 0 Å². The minimum Gasteiger partial charge on any atom is -0.378 e. The molecule has 18 heavy (non-hydrogen) atoms. The summed E-state index contributed by atoms with van der Waals surface area (Å²) in [6.07, 6.45) is 3.79. The van der Waals surface area contributed by atoms with Crippen LogP contribution in [0.1, 0.15) is 31.2 Å². The predicted molar refractivity (Wildman–Crippen MR) is 73.4 cm³/mol. The van der Waals surface area contributed by atoms with E-state index in [0.717, 1.165) is 24.8 Å². The standard InChI is InChI=1S/C14H16Cl2O2/c1-18-14(6-3-7-14)9-10(17)8-11-12(15)4-2-5-13(11)16/h2,4-5H,3,6-9H2,1H3. The van der Waals surface area contributed by atoms with Crippen LogP contribution in [-0.2, 0) is 16.0 Å². The minimum absolute atomic E-state index is 0.131. The molecule has 98 valence electrons. The number of carbonyl (C=O) groups is 1. The molecule has 1 aromatic rings. The maximum absolute atomic E-state index is 12.1. The molecule has 0 heterocycles. The summed E-state index contributed by atoms with van der Waals surface area (Å²) in [5.41, 5.74) is 0.488. The average molecular weight is 287 g/mol. The van der Waals surface area contributed by atoms with Crippen molar-refractivity contribution >= 4 is 29.0 Å². The number of ether oxygens (including phenoxy) is 1. The molecule has 1 aromatic carbocycles. The van der Waals surface area contributed by atoms with E-state index in [9.17, 15) is 4.79 Å². The first-order valence-corrected chi connectivity index (χ1v) is 6.82. The van der Waals surface area contributed by atoms with E-state index in [4.69, 9.17) is 27.9 Å². The molecule has 0 saturated heterocycles. The largest absolute Gasteiger partial charge is 0.378 e. The second-order valence-electron chi connectivity index (χ2n) is 4.83. The van der Waals surface area contributed by atoms with Crippen molar-refractivity contribution in [2.75, 3.05) is 7.11 Å². The molecular formula is C14H16Cl2O2. The summed E-state index contributed by atoms with van der Waals surface area (Å²) in [7, 11) is 1.68. The van der Waals surface area contributed by atoms with Crippen molar-refractivity contribution in [2.24, 2.45) is 0 Å². The van der Waals surface area contributed by atoms with Crippen molar-refractivity contribution in [3.05, 3.63) is 33.8 Å². The van der Waals surface area contributed by atoms with Gasteiger partial charge in [0.15, 0.2) is 0 Å². The van der Waals surface area contributed by atoms with Crippen LogP contribution in [0.25, 0.3) is 0 Å². The number of Topliss-reactive ketones (excluding diaryl/α,β-unsaturated/α-hetero) is 1. The lowest BCUT2D eigenvalue weighted by molar-refractivity contribution is -0.131. The Kier molecular flexibility index (Phi) is 4.31. The third-order valence-electron chi connectivity index (χ3n) is 3.65. The van der Waals surface area contributed by atoms with Crippen LogP contribution in [0.15, 0.2) is 18.2 Å². The normalized spacial score (nSPS) is 17.3. The van der Waals surface area contributed by atoms with Gasteiger partial charge in [-0.1, -0.05) is 29.3 Å². The molecule has 1 fully saturated rings. The summed E-state index contributed by atoms with van der Waals surface area (Å²) in [5.74, 6) is 0.131. The van der Waals surface area contributed by atoms with Gasteiger partial charge in [0.1, 0.15) is 5.78 Å². The smallest absolute Gasteiger partial charge is 0.140 e. The number of hydrogen-bond donors (Lipinski definition) is 0. The number of ketones is 1. The lowest BCUT2D eigenvalue weighted by atomic mass is 9.76. The van der Waals surface area contributed by atoms with Crippen LogP contribution in [-0.4, -0.2) is 18.5 Å². The zero-order chi connectivity index (χ0) is 13.2. The lowest BCUT2D eigenvalue weighted by Crippen LogP contribution is -2.41. The van der Waals surface area contributed by atoms with Crippen molar-refractivity contribution < 1.29 is 9.53 Å². The molecule has 0 aromatic heterocycles. The maximum Gasteiger partial charge on any atom is 0.140 e. The Morgan fingerprint density at radius 2 is 1.94 bits per heavy atom. The number of benzene rings is 1. The SMILES string of the molecule is COC1(CC(=O)Cc2c(Cl)cccc2Cl)CCC1. The third-order valence-corrected chi connectivity index (χ3v) is 4.36. The van der Waals surface area contributed by atoms with Crippen LogP contribution in [0.5, 0.6) is 0 Å². The minimum atomic E-state index is -0.231. The number of carbonyl (C=O) groups excluding carboxylic acids is 1. The van der Waals surface area contributed by atoms with Crippen LogP contribution < -0.4 is 0 Å². The van der Waals surface area contributed by atoms with Gasteiger partial charge in [0.05, 0.1) is 5.60 Å². The van der Waals surface area contributed by atoms with Crippen LogP contribution in [0.3, 0.4) is 0 Å². The molecule has 0 unspecified atom stereocenters. The molecule has 2 rings (SSSR count). The first-order valence-electron chi connectivity index (χ1n) is 6.06. The fraction of sp³-hybridized carbons (Fsp3) is 0.500. The monoisotopic (exact) mass is 286 g/mol. The highest BCUT2D eigenvalue weighted by Gasteiger charge is 2.38. The third kappa shape index (κ3) is 2.87. The Bertz CT molecular complexity index is 427. The number of halogens is 2. The van der Waals surface area contributed by atoms with Gasteiger partial charge in [0.25, 0.3) is 0 Å². The quantitative estimate of drug-likeness (QED) is 0.816. The van der Waals surface area contributed by atoms with Crippen LogP contribution in [0.2, 0.25) is 10.0 Å². The second-order valence-corrected chi connectivity index (χ2v) is 5.65. The summed E-state index contributed by atoms with van der Waals surface area (Å²) in [6.45, 7) is 0. The predicted octanol–water partition coefficient (Wildman–Crippen LogP) is 4.06. The van der Waals surface area contributed by atoms with Gasteiger partial charge in [0.2, 0.25) is 0 Å². The molecule has 2 nitrogen and oxygen atoms in total. The fourth-order valence-electron chi connectivity index (χ4n) is 2.34. The summed E-state index contributed by atoms with van der Waals surface area (Å²) in [4.78, 5) is 12.1. The Balaban J connectivity index is 2.03. The molecule has 1 saturated carbocycles. The van der Waals surface area contributed by atoms with Crippen molar-refractivity contribution in [1.29, 1.82) is 0 Å². The van der Waals surface area contributed by atoms with Crippen molar-refractivity contribution in [2.45, 2.75) is 37.7 Å². The van der Waals surface area contributed by atoms with Gasteiger partial charge < -0.3 is 4.74 Å². The molecule has 4 heteroatoms. The van der Waals surface area contributed by atoms with Crippen molar-refractivity contribution in [3.8, 4) is 0 Å². The van der Waals surface area contributed by atoms with E-state index in [1.54, 1.807) is 25.3 Å². The summed E-state index contributed by atoms with van der Waals surface area (Å²) in [6, 6.07) is 5.29. The van der Waals surface area contributed by atoms with Gasteiger partial charge in [-0.05, 0) is 37.0 Å². The molecular weight excluding hydrogens is 271 g/mol. The van der Waals surface area contributed by atoms with E-state index in [1.165, 1.54) is 0 Å². The number of hydrogen-bond acceptors (Lipinski definition) is 2. The highest BCUT2D eigenvalue weighted by Crippen LogP contribution is 2.38. The Labute approximate surface area is 117 Å². The van der Waals surface area contributed by atoms with E-state index >= 15 is 0 Å². The second kappa shape index (κ2) is 5.60. The zero-order valence-electron chi connectivity index (χ0n) is 10.3. The number of methoxy groups -OCH3 is 1. The van der Waals surface area contributed by atoms with Gasteiger partial charge in [-0.25, -0.2) is 0 Å². The molecule has 0 radical (unpaired) electrons. The Hall–Kier alpha value is -0.570. The molecule has 0 amide bonds. The van der Waals surface area contributed by atoms with Gasteiger partial charge in [-0.15, -0.1) is 0 Å². The molecule has 0 atom stereocenters. The summed E-state index contributed by atoms with van der Waals surface area (Å²) < 4.78 is 5.46. The van der Waals surface area contributed by atoms with Crippen molar-refractivity contribution in [3.63, 3.8) is 0 Å². The first-order chi connectivity index (χ1) is 8.56. The van der Waals surface area contributed by atoms with Gasteiger partial charge >= 0.3 is 0 Å². The van der Waals surface area contributed by atoms with Crippen LogP contribution in [0.4, 0.5) is 0 Å². The van der Waals surface area contributed by atoms with E-state index in [-0.39, 0.29) is 17.8 Å². The lowest BCUT2D eigenvalue weighted by Gasteiger charge is -2.40. The fourth-order valence-corrected chi connectivity index (χ4v) is 2.88. The average Bonchev–Trinajstić information content (AvgIpc) is 2.29. The van der Waals surface area contributed by atoms with Crippen LogP contribution in [0, 0.1) is 0 Å². The number of rotatable bonds is 5. The van der Waals surface area contributed by atoms with E-state index in [1.807, 2.05) is 0 Å². The molecule has 1 aliphatic carbocycles. The first kappa shape index (κ1) is 13.9. The maximum atomic E-state index is 12.1. The molecule has 0 aliphatic heterocycles. The van der Waals surface area contributed by atoms with Crippen molar-refractivity contribution in [1.82, 2.24) is 0 Å². The molecule has 0 spiro atoms. The zero-order valence-corrected chi connectivity index (χ0v) is 11.9. The molecule has 0 bridgehead atoms. The Morgan fingerprint density at radius 3 is 2.39 bits per heavy atom. The van der Waals surface area contributed by atoms with E-state index in [0.29, 0.717) is 16.5 Å². The Morgan fingerprint density at radius 1 is 1.33 bits per heavy atom. The molecule has 0 N–H and O–H groups in total. The summed E-state index contributed by atoms with van der Waals surface area (Å²) >= 11 is 12.1. The highest BCUT2D eigenvalue weighted by molar-refractivity contribution is 6.36. The van der Waals surface area contributed by atoms with Gasteiger partial charge in [-0.3, -0.25) is 4.79 Å². The summed E-state index contributed by atoms with van der Waals surface area (Å²) in [5, 5.41) is 1.10. The van der Waals surface area contributed by atoms with Gasteiger partial charge in [0, 0.05) is 30.0 Å². The van der Waals surface area contributed by atoms with Gasteiger partial charge in [-0.2, -0.15) is 0 Å². The van der Waals surface area contributed by atoms with E-state index < -0.39 is 0 Å². The molecule has 1 aliphatic rings.